The first-order chi connectivity index (χ1) is 14.7. The van der Waals surface area contributed by atoms with Crippen molar-refractivity contribution in [1.82, 2.24) is 9.55 Å². The van der Waals surface area contributed by atoms with Gasteiger partial charge in [0, 0.05) is 17.4 Å². The Morgan fingerprint density at radius 3 is 2.55 bits per heavy atom. The minimum absolute atomic E-state index is 0.0375. The number of aryl methyl sites for hydroxylation is 2. The second-order valence-corrected chi connectivity index (χ2v) is 7.52. The van der Waals surface area contributed by atoms with E-state index < -0.39 is 17.2 Å². The van der Waals surface area contributed by atoms with Gasteiger partial charge in [0.05, 0.1) is 12.1 Å². The summed E-state index contributed by atoms with van der Waals surface area (Å²) >= 11 is 6.16. The highest BCUT2D eigenvalue weighted by atomic mass is 35.5. The molecule has 0 atom stereocenters. The third kappa shape index (κ3) is 4.44. The Morgan fingerprint density at radius 2 is 1.97 bits per heavy atom. The number of hydrogen-bond donors (Lipinski definition) is 1. The van der Waals surface area contributed by atoms with Gasteiger partial charge in [-0.1, -0.05) is 17.7 Å². The number of nitrogens with zero attached hydrogens (tertiary/aromatic N) is 3. The molecule has 0 saturated heterocycles. The standard InChI is InChI=1S/C23H20ClN3O4/c1-13-7-17(8-14(2)21(13)24)31-12-19(28)20-15(3)18(9-25)22(29)27(23(20)30)11-16-5-4-6-26-10-16/h4-8,10,30H,11-12H2,1-3H3. The lowest BCUT2D eigenvalue weighted by atomic mass is 10.0. The van der Waals surface area contributed by atoms with E-state index >= 15 is 0 Å². The molecule has 0 amide bonds. The number of Topliss-reactive ketones (excluding diaryl/α,β-unsaturated/α-hetero) is 1. The van der Waals surface area contributed by atoms with E-state index in [0.29, 0.717) is 16.3 Å². The fraction of sp³-hybridized carbons (Fsp3) is 0.217. The van der Waals surface area contributed by atoms with Crippen LogP contribution in [0.2, 0.25) is 5.02 Å². The van der Waals surface area contributed by atoms with Crippen molar-refractivity contribution in [2.24, 2.45) is 0 Å². The number of halogens is 1. The second-order valence-electron chi connectivity index (χ2n) is 7.15. The summed E-state index contributed by atoms with van der Waals surface area (Å²) in [4.78, 5) is 29.6. The number of aromatic hydroxyl groups is 1. The zero-order valence-electron chi connectivity index (χ0n) is 17.3. The highest BCUT2D eigenvalue weighted by Crippen LogP contribution is 2.27. The fourth-order valence-electron chi connectivity index (χ4n) is 3.32. The summed E-state index contributed by atoms with van der Waals surface area (Å²) in [6.45, 7) is 4.69. The third-order valence-electron chi connectivity index (χ3n) is 4.92. The molecule has 31 heavy (non-hydrogen) atoms. The van der Waals surface area contributed by atoms with Crippen molar-refractivity contribution in [2.45, 2.75) is 27.3 Å². The van der Waals surface area contributed by atoms with E-state index in [4.69, 9.17) is 16.3 Å². The first-order valence-electron chi connectivity index (χ1n) is 9.42. The Morgan fingerprint density at radius 1 is 1.29 bits per heavy atom. The van der Waals surface area contributed by atoms with E-state index in [9.17, 15) is 20.0 Å². The summed E-state index contributed by atoms with van der Waals surface area (Å²) in [5.74, 6) is -0.617. The summed E-state index contributed by atoms with van der Waals surface area (Å²) in [6, 6.07) is 8.66. The van der Waals surface area contributed by atoms with E-state index in [0.717, 1.165) is 15.7 Å². The van der Waals surface area contributed by atoms with Gasteiger partial charge < -0.3 is 9.84 Å². The molecule has 1 N–H and O–H groups in total. The highest BCUT2D eigenvalue weighted by molar-refractivity contribution is 6.32. The molecule has 0 spiro atoms. The number of ether oxygens (including phenoxy) is 1. The van der Waals surface area contributed by atoms with Gasteiger partial charge in [-0.3, -0.25) is 19.1 Å². The quantitative estimate of drug-likeness (QED) is 0.589. The number of carbonyl (C=O) groups excluding carboxylic acids is 1. The average molecular weight is 438 g/mol. The van der Waals surface area contributed by atoms with E-state index in [2.05, 4.69) is 4.98 Å². The molecule has 3 aromatic rings. The van der Waals surface area contributed by atoms with E-state index in [1.54, 1.807) is 30.5 Å². The molecule has 1 aromatic carbocycles. The van der Waals surface area contributed by atoms with Crippen LogP contribution in [0, 0.1) is 32.1 Å². The normalized spacial score (nSPS) is 10.5. The molecule has 0 unspecified atom stereocenters. The monoisotopic (exact) mass is 437 g/mol. The van der Waals surface area contributed by atoms with Crippen molar-refractivity contribution in [2.75, 3.05) is 6.61 Å². The van der Waals surface area contributed by atoms with Crippen LogP contribution in [0.25, 0.3) is 0 Å². The van der Waals surface area contributed by atoms with Gasteiger partial charge in [-0.15, -0.1) is 0 Å². The van der Waals surface area contributed by atoms with Crippen molar-refractivity contribution in [3.63, 3.8) is 0 Å². The predicted molar refractivity (Wildman–Crippen MR) is 116 cm³/mol. The van der Waals surface area contributed by atoms with Crippen LogP contribution < -0.4 is 10.3 Å². The zero-order chi connectivity index (χ0) is 22.7. The first kappa shape index (κ1) is 22.1. The number of hydrogen-bond acceptors (Lipinski definition) is 6. The number of benzene rings is 1. The summed E-state index contributed by atoms with van der Waals surface area (Å²) in [7, 11) is 0. The van der Waals surface area contributed by atoms with Crippen LogP contribution >= 0.6 is 11.6 Å². The Kier molecular flexibility index (Phi) is 6.42. The first-order valence-corrected chi connectivity index (χ1v) is 9.80. The summed E-state index contributed by atoms with van der Waals surface area (Å²) < 4.78 is 6.60. The van der Waals surface area contributed by atoms with Gasteiger partial charge in [0.2, 0.25) is 11.7 Å². The molecule has 3 rings (SSSR count). The molecule has 0 aliphatic heterocycles. The van der Waals surface area contributed by atoms with Gasteiger partial charge in [-0.25, -0.2) is 0 Å². The molecule has 0 saturated carbocycles. The van der Waals surface area contributed by atoms with Gasteiger partial charge in [0.1, 0.15) is 17.4 Å². The lowest BCUT2D eigenvalue weighted by molar-refractivity contribution is 0.0916. The van der Waals surface area contributed by atoms with Crippen LogP contribution in [0.1, 0.15) is 38.2 Å². The van der Waals surface area contributed by atoms with Crippen molar-refractivity contribution in [1.29, 1.82) is 5.26 Å². The Balaban J connectivity index is 1.98. The van der Waals surface area contributed by atoms with Crippen LogP contribution in [0.4, 0.5) is 0 Å². The SMILES string of the molecule is Cc1cc(OCC(=O)c2c(C)c(C#N)c(=O)n(Cc3cccnc3)c2O)cc(C)c1Cl. The number of carbonyl (C=O) groups is 1. The molecule has 0 fully saturated rings. The summed E-state index contributed by atoms with van der Waals surface area (Å²) in [6.07, 6.45) is 3.11. The number of nitriles is 1. The van der Waals surface area contributed by atoms with E-state index in [1.165, 1.54) is 13.1 Å². The number of pyridine rings is 2. The van der Waals surface area contributed by atoms with Crippen LogP contribution in [0.15, 0.2) is 41.5 Å². The minimum atomic E-state index is -0.678. The number of aromatic nitrogens is 2. The van der Waals surface area contributed by atoms with E-state index in [1.807, 2.05) is 19.9 Å². The van der Waals surface area contributed by atoms with Crippen LogP contribution in [-0.4, -0.2) is 27.0 Å². The highest BCUT2D eigenvalue weighted by Gasteiger charge is 2.24. The van der Waals surface area contributed by atoms with Crippen molar-refractivity contribution in [3.05, 3.63) is 85.4 Å². The molecule has 0 bridgehead atoms. The van der Waals surface area contributed by atoms with Crippen LogP contribution in [0.5, 0.6) is 11.6 Å². The second kappa shape index (κ2) is 9.02. The molecular weight excluding hydrogens is 418 g/mol. The maximum atomic E-state index is 12.9. The largest absolute Gasteiger partial charge is 0.494 e. The molecule has 7 nitrogen and oxygen atoms in total. The molecule has 0 aliphatic carbocycles. The molecule has 0 aliphatic rings. The zero-order valence-corrected chi connectivity index (χ0v) is 18.0. The Hall–Kier alpha value is -3.63. The molecule has 0 radical (unpaired) electrons. The van der Waals surface area contributed by atoms with E-state index in [-0.39, 0.29) is 29.8 Å². The fourth-order valence-corrected chi connectivity index (χ4v) is 3.43. The minimum Gasteiger partial charge on any atom is -0.494 e. The Bertz CT molecular complexity index is 1240. The maximum absolute atomic E-state index is 12.9. The van der Waals surface area contributed by atoms with Crippen molar-refractivity contribution < 1.29 is 14.6 Å². The summed E-state index contributed by atoms with van der Waals surface area (Å²) in [5, 5.41) is 20.9. The van der Waals surface area contributed by atoms with Gasteiger partial charge in [-0.05, 0) is 61.2 Å². The van der Waals surface area contributed by atoms with Crippen molar-refractivity contribution >= 4 is 17.4 Å². The lowest BCUT2D eigenvalue weighted by Crippen LogP contribution is -2.28. The number of ketones is 1. The third-order valence-corrected chi connectivity index (χ3v) is 5.52. The van der Waals surface area contributed by atoms with Crippen LogP contribution in [-0.2, 0) is 6.54 Å². The van der Waals surface area contributed by atoms with Crippen molar-refractivity contribution in [3.8, 4) is 17.7 Å². The van der Waals surface area contributed by atoms with Gasteiger partial charge in [0.25, 0.3) is 5.56 Å². The van der Waals surface area contributed by atoms with Gasteiger partial charge in [-0.2, -0.15) is 5.26 Å². The average Bonchev–Trinajstić information content (AvgIpc) is 2.74. The molecule has 2 heterocycles. The smallest absolute Gasteiger partial charge is 0.271 e. The maximum Gasteiger partial charge on any atom is 0.271 e. The molecule has 8 heteroatoms. The predicted octanol–water partition coefficient (Wildman–Crippen LogP) is 3.71. The molecule has 158 valence electrons. The number of rotatable bonds is 6. The molecule has 2 aromatic heterocycles. The van der Waals surface area contributed by atoms with Crippen LogP contribution in [0.3, 0.4) is 0 Å². The lowest BCUT2D eigenvalue weighted by Gasteiger charge is -2.16. The van der Waals surface area contributed by atoms with Gasteiger partial charge in [0.15, 0.2) is 6.61 Å². The molecular formula is C23H20ClN3O4. The topological polar surface area (TPSA) is 105 Å². The summed E-state index contributed by atoms with van der Waals surface area (Å²) in [5.41, 5.74) is 1.35. The Labute approximate surface area is 184 Å². The van der Waals surface area contributed by atoms with Gasteiger partial charge >= 0.3 is 0 Å².